The smallest absolute Gasteiger partial charge is 0.343 e. The Bertz CT molecular complexity index is 3060. The van der Waals surface area contributed by atoms with Crippen molar-refractivity contribution in [2.75, 3.05) is 88.1 Å². The van der Waals surface area contributed by atoms with E-state index in [1.54, 1.807) is 18.7 Å². The molecule has 98 heavy (non-hydrogen) atoms. The number of amides is 12. The van der Waals surface area contributed by atoms with Crippen LogP contribution in [0.2, 0.25) is 5.02 Å². The van der Waals surface area contributed by atoms with Crippen LogP contribution in [-0.4, -0.2) is 251 Å². The standard InChI is InChI=1S/C70H106ClF3N12O12/c1-11-44(3)59-66(96)80(7)42-57(89)78(5)43-58(90)82(9)53(39-46-24-15-13-16-25-46)64(94)79(6)41-55(87)75-51(32-30-47-29-31-49(50(71)38-47)70(72,73)74)63(93)86-37-23-28-52(86)62(92)77-69(33-19-20-34-69)68(98)83(10)60(48-26-17-18-27-48)67(97)85(12-2)54(65(95)84-35-21-14-22-36-84)40-56(88)81(8)45(4)61(91)76-59/h29,31,38,44-46,48,51-54,59-60H,11-28,30,32-37,39-43H2,1-10H3,(H,75,87)(H,76,91)(H,77,92)/t44-,45-,51-,52?,53-,54-,59-,60-/m0/s1. The molecule has 0 aromatic heterocycles. The lowest BCUT2D eigenvalue weighted by Gasteiger charge is -2.43. The maximum atomic E-state index is 15.8. The van der Waals surface area contributed by atoms with E-state index >= 15 is 24.0 Å². The fourth-order valence-electron chi connectivity index (χ4n) is 15.3. The van der Waals surface area contributed by atoms with Gasteiger partial charge >= 0.3 is 6.18 Å². The van der Waals surface area contributed by atoms with E-state index in [0.29, 0.717) is 70.0 Å². The predicted molar refractivity (Wildman–Crippen MR) is 360 cm³/mol. The van der Waals surface area contributed by atoms with Gasteiger partial charge in [0.25, 0.3) is 0 Å². The van der Waals surface area contributed by atoms with Crippen LogP contribution in [0.1, 0.15) is 180 Å². The van der Waals surface area contributed by atoms with E-state index in [2.05, 4.69) is 16.0 Å². The topological polar surface area (TPSA) is 270 Å². The SMILES string of the molecule is CC[C@H](C)[C@@H]1NC(=O)[C@H](C)N(C)C(=O)C[C@@H](C(=O)N2CCCCC2)N(CC)C(=O)[C@H](C2CCCC2)N(C)C(=O)C2(CCCC2)NC(=O)C2CCCN2C(=O)[C@H](CCc2ccc(C(F)(F)F)c(Cl)c2)NC(=O)CN(C)C(=O)[C@H](CC2CCCCC2)N(C)C(=O)CN(C)C(=O)CN(C)C1=O. The van der Waals surface area contributed by atoms with Crippen LogP contribution in [0.5, 0.6) is 0 Å². The fraction of sp³-hybridized carbons (Fsp3) is 0.743. The van der Waals surface area contributed by atoms with E-state index in [1.165, 1.54) is 79.8 Å². The number of hydrogen-bond donors (Lipinski definition) is 3. The zero-order valence-corrected chi connectivity index (χ0v) is 59.9. The first kappa shape index (κ1) is 78.3. The van der Waals surface area contributed by atoms with Gasteiger partial charge in [-0.2, -0.15) is 13.2 Å². The summed E-state index contributed by atoms with van der Waals surface area (Å²) in [6.07, 6.45) is 6.16. The number of fused-ring (bicyclic) bond motifs is 1. The third-order valence-corrected chi connectivity index (χ3v) is 22.1. The number of benzene rings is 1. The molecule has 1 spiro atoms. The molecule has 3 saturated heterocycles. The molecule has 3 aliphatic heterocycles. The van der Waals surface area contributed by atoms with Gasteiger partial charge in [-0.15, -0.1) is 0 Å². The summed E-state index contributed by atoms with van der Waals surface area (Å²) in [6, 6.07) is -5.50. The minimum Gasteiger partial charge on any atom is -0.343 e. The van der Waals surface area contributed by atoms with Crippen molar-refractivity contribution in [1.29, 1.82) is 0 Å². The van der Waals surface area contributed by atoms with Crippen LogP contribution >= 0.6 is 11.6 Å². The van der Waals surface area contributed by atoms with Crippen molar-refractivity contribution in [2.24, 2.45) is 17.8 Å². The number of nitrogens with one attached hydrogen (secondary N) is 3. The van der Waals surface area contributed by atoms with E-state index in [4.69, 9.17) is 11.6 Å². The third kappa shape index (κ3) is 19.1. The maximum Gasteiger partial charge on any atom is 0.417 e. The van der Waals surface area contributed by atoms with Crippen molar-refractivity contribution in [2.45, 2.75) is 229 Å². The number of halogens is 4. The molecule has 3 heterocycles. The van der Waals surface area contributed by atoms with Gasteiger partial charge < -0.3 is 60.0 Å². The molecule has 0 bridgehead atoms. The highest BCUT2D eigenvalue weighted by Crippen LogP contribution is 2.39. The van der Waals surface area contributed by atoms with Gasteiger partial charge in [-0.3, -0.25) is 57.5 Å². The minimum absolute atomic E-state index is 0.0221. The van der Waals surface area contributed by atoms with Crippen molar-refractivity contribution < 1.29 is 70.7 Å². The van der Waals surface area contributed by atoms with Gasteiger partial charge in [0.1, 0.15) is 47.8 Å². The molecule has 6 fully saturated rings. The Labute approximate surface area is 580 Å². The number of rotatable bonds is 10. The van der Waals surface area contributed by atoms with Gasteiger partial charge in [0.15, 0.2) is 0 Å². The Morgan fingerprint density at radius 2 is 1.27 bits per heavy atom. The van der Waals surface area contributed by atoms with Crippen molar-refractivity contribution in [3.8, 4) is 0 Å². The van der Waals surface area contributed by atoms with Gasteiger partial charge in [-0.05, 0) is 126 Å². The summed E-state index contributed by atoms with van der Waals surface area (Å²) < 4.78 is 41.6. The lowest BCUT2D eigenvalue weighted by Crippen LogP contribution is -2.65. The van der Waals surface area contributed by atoms with Crippen LogP contribution in [0.4, 0.5) is 13.2 Å². The fourth-order valence-corrected chi connectivity index (χ4v) is 15.6. The van der Waals surface area contributed by atoms with Crippen LogP contribution in [-0.2, 0) is 70.1 Å². The van der Waals surface area contributed by atoms with Gasteiger partial charge in [-0.25, -0.2) is 0 Å². The van der Waals surface area contributed by atoms with Crippen molar-refractivity contribution in [1.82, 2.24) is 60.0 Å². The first-order valence-corrected chi connectivity index (χ1v) is 35.9. The van der Waals surface area contributed by atoms with E-state index in [0.717, 1.165) is 78.2 Å². The number of carbonyl (C=O) groups is 12. The monoisotopic (exact) mass is 1400 g/mol. The van der Waals surface area contributed by atoms with E-state index in [-0.39, 0.29) is 63.5 Å². The number of likely N-dealkylation sites (N-methyl/N-ethyl adjacent to an activating group) is 7. The second kappa shape index (κ2) is 34.8. The third-order valence-electron chi connectivity index (χ3n) is 21.8. The van der Waals surface area contributed by atoms with Crippen LogP contribution in [0.25, 0.3) is 0 Å². The predicted octanol–water partition coefficient (Wildman–Crippen LogP) is 5.40. The molecule has 546 valence electrons. The number of alkyl halides is 3. The number of nitrogens with zero attached hydrogens (tertiary/aromatic N) is 9. The lowest BCUT2D eigenvalue weighted by molar-refractivity contribution is -0.157. The highest BCUT2D eigenvalue weighted by molar-refractivity contribution is 6.31. The molecule has 28 heteroatoms. The molecule has 24 nitrogen and oxygen atoms in total. The summed E-state index contributed by atoms with van der Waals surface area (Å²) in [4.78, 5) is 190. The van der Waals surface area contributed by atoms with E-state index in [1.807, 2.05) is 6.92 Å². The van der Waals surface area contributed by atoms with E-state index < -0.39 is 167 Å². The summed E-state index contributed by atoms with van der Waals surface area (Å²) >= 11 is 6.15. The molecule has 12 amide bonds. The second-order valence-corrected chi connectivity index (χ2v) is 28.9. The van der Waals surface area contributed by atoms with Crippen LogP contribution in [0.15, 0.2) is 18.2 Å². The van der Waals surface area contributed by atoms with Crippen molar-refractivity contribution in [3.63, 3.8) is 0 Å². The summed E-state index contributed by atoms with van der Waals surface area (Å²) in [5.41, 5.74) is -2.33. The largest absolute Gasteiger partial charge is 0.417 e. The number of likely N-dealkylation sites (tertiary alicyclic amines) is 1. The Kier molecular flexibility index (Phi) is 27.8. The van der Waals surface area contributed by atoms with Gasteiger partial charge in [0.05, 0.1) is 36.6 Å². The van der Waals surface area contributed by atoms with Crippen molar-refractivity contribution >= 4 is 82.5 Å². The quantitative estimate of drug-likeness (QED) is 0.266. The summed E-state index contributed by atoms with van der Waals surface area (Å²) in [7, 11) is 8.49. The Hall–Kier alpha value is -7.06. The zero-order valence-electron chi connectivity index (χ0n) is 59.2. The highest BCUT2D eigenvalue weighted by atomic mass is 35.5. The molecule has 0 radical (unpaired) electrons. The molecule has 3 saturated carbocycles. The average Bonchev–Trinajstić information content (AvgIpc) is 1.69. The van der Waals surface area contributed by atoms with Crippen LogP contribution < -0.4 is 16.0 Å². The molecular formula is C70H106ClF3N12O12. The molecule has 7 rings (SSSR count). The molecule has 1 aromatic carbocycles. The second-order valence-electron chi connectivity index (χ2n) is 28.5. The van der Waals surface area contributed by atoms with Crippen molar-refractivity contribution in [3.05, 3.63) is 34.3 Å². The molecule has 1 aromatic rings. The average molecular weight is 1400 g/mol. The molecule has 3 aliphatic carbocycles. The Morgan fingerprint density at radius 3 is 1.88 bits per heavy atom. The Morgan fingerprint density at radius 1 is 0.653 bits per heavy atom. The molecule has 6 aliphatic rings. The van der Waals surface area contributed by atoms with Crippen LogP contribution in [0.3, 0.4) is 0 Å². The van der Waals surface area contributed by atoms with Crippen LogP contribution in [0, 0.1) is 17.8 Å². The first-order chi connectivity index (χ1) is 46.3. The van der Waals surface area contributed by atoms with Gasteiger partial charge in [-0.1, -0.05) is 95.7 Å². The normalized spacial score (nSPS) is 27.1. The molecule has 1 unspecified atom stereocenters. The molecule has 8 atom stereocenters. The molecule has 3 N–H and O–H groups in total. The minimum atomic E-state index is -4.76. The number of aryl methyl sites for hydroxylation is 1. The lowest BCUT2D eigenvalue weighted by atomic mass is 9.84. The highest BCUT2D eigenvalue weighted by Gasteiger charge is 2.52. The number of hydrogen-bond acceptors (Lipinski definition) is 12. The maximum absolute atomic E-state index is 15.8. The van der Waals surface area contributed by atoms with E-state index in [9.17, 15) is 46.7 Å². The summed E-state index contributed by atoms with van der Waals surface area (Å²) in [6.45, 7) is 5.82. The van der Waals surface area contributed by atoms with Gasteiger partial charge in [0.2, 0.25) is 70.9 Å². The summed E-state index contributed by atoms with van der Waals surface area (Å²) in [5, 5.41) is 8.08. The first-order valence-electron chi connectivity index (χ1n) is 35.5. The summed E-state index contributed by atoms with van der Waals surface area (Å²) in [5.74, 6) is -8.52. The molecular weight excluding hydrogens is 1290 g/mol. The zero-order chi connectivity index (χ0) is 72.1. The number of carbonyl (C=O) groups excluding carboxylic acids is 12. The Balaban J connectivity index is 1.27. The van der Waals surface area contributed by atoms with Gasteiger partial charge in [0, 0.05) is 68.5 Å². The number of piperidine rings is 1.